The molecule has 5 heteroatoms. The van der Waals surface area contributed by atoms with Gasteiger partial charge in [0.2, 0.25) is 5.91 Å². The molecule has 2 atom stereocenters. The van der Waals surface area contributed by atoms with Crippen LogP contribution in [0.15, 0.2) is 53.6 Å². The molecule has 0 spiro atoms. The van der Waals surface area contributed by atoms with E-state index in [9.17, 15) is 4.79 Å². The van der Waals surface area contributed by atoms with Gasteiger partial charge in [-0.3, -0.25) is 4.79 Å². The van der Waals surface area contributed by atoms with Crippen molar-refractivity contribution in [2.45, 2.75) is 25.7 Å². The summed E-state index contributed by atoms with van der Waals surface area (Å²) in [4.78, 5) is 12.0. The molecule has 0 aromatic heterocycles. The molecule has 1 heterocycles. The lowest BCUT2D eigenvalue weighted by molar-refractivity contribution is -0.127. The average molecular weight is 355 g/mol. The van der Waals surface area contributed by atoms with E-state index in [0.29, 0.717) is 5.02 Å². The number of ether oxygens (including phenoxy) is 1. The van der Waals surface area contributed by atoms with Crippen LogP contribution in [0, 0.1) is 11.8 Å². The van der Waals surface area contributed by atoms with Crippen molar-refractivity contribution in [2.24, 2.45) is 16.9 Å². The number of fused-ring (bicyclic) bond motifs is 1. The number of halogens is 1. The maximum atomic E-state index is 12.0. The van der Waals surface area contributed by atoms with Gasteiger partial charge in [-0.1, -0.05) is 24.4 Å². The van der Waals surface area contributed by atoms with Crippen LogP contribution in [0.25, 0.3) is 0 Å². The van der Waals surface area contributed by atoms with Gasteiger partial charge in [0.25, 0.3) is 0 Å². The Labute approximate surface area is 151 Å². The summed E-state index contributed by atoms with van der Waals surface area (Å²) < 4.78 is 5.83. The van der Waals surface area contributed by atoms with Gasteiger partial charge in [-0.05, 0) is 66.9 Å². The van der Waals surface area contributed by atoms with E-state index in [2.05, 4.69) is 10.5 Å². The second kappa shape index (κ2) is 6.89. The molecule has 1 fully saturated rings. The summed E-state index contributed by atoms with van der Waals surface area (Å²) in [6.07, 6.45) is 4.26. The fourth-order valence-electron chi connectivity index (χ4n) is 3.66. The Hall–Kier alpha value is -2.33. The minimum atomic E-state index is 0.0613. The molecule has 2 aromatic carbocycles. The summed E-state index contributed by atoms with van der Waals surface area (Å²) in [5.74, 6) is 1.85. The standard InChI is InChI=1S/C20H19ClN2O2/c21-14-7-11-16(12-8-14)25-15-9-5-13(6-10-15)19-17-3-1-2-4-18(17)20(24)23-22-19/h5-12,17-18H,1-4H2,(H,23,24). The number of amides is 1. The number of carbonyl (C=O) groups excluding carboxylic acids is 1. The van der Waals surface area contributed by atoms with E-state index in [4.69, 9.17) is 16.3 Å². The quantitative estimate of drug-likeness (QED) is 0.862. The smallest absolute Gasteiger partial charge is 0.243 e. The van der Waals surface area contributed by atoms with Crippen LogP contribution in [0.5, 0.6) is 11.5 Å². The van der Waals surface area contributed by atoms with Crippen LogP contribution in [0.2, 0.25) is 5.02 Å². The van der Waals surface area contributed by atoms with Crippen molar-refractivity contribution >= 4 is 23.2 Å². The van der Waals surface area contributed by atoms with Gasteiger partial charge < -0.3 is 4.74 Å². The number of nitrogens with one attached hydrogen (secondary N) is 1. The Bertz CT molecular complexity index is 799. The third kappa shape index (κ3) is 3.40. The summed E-state index contributed by atoms with van der Waals surface area (Å²) in [5, 5.41) is 5.03. The fourth-order valence-corrected chi connectivity index (χ4v) is 3.79. The van der Waals surface area contributed by atoms with E-state index in [1.54, 1.807) is 12.1 Å². The zero-order valence-electron chi connectivity index (χ0n) is 13.7. The van der Waals surface area contributed by atoms with E-state index in [0.717, 1.165) is 48.5 Å². The van der Waals surface area contributed by atoms with Gasteiger partial charge in [0.1, 0.15) is 11.5 Å². The van der Waals surface area contributed by atoms with Gasteiger partial charge in [0.05, 0.1) is 5.71 Å². The highest BCUT2D eigenvalue weighted by atomic mass is 35.5. The van der Waals surface area contributed by atoms with E-state index in [1.807, 2.05) is 36.4 Å². The summed E-state index contributed by atoms with van der Waals surface area (Å²) in [5.41, 5.74) is 4.73. The fraction of sp³-hybridized carbons (Fsp3) is 0.300. The van der Waals surface area contributed by atoms with Gasteiger partial charge >= 0.3 is 0 Å². The summed E-state index contributed by atoms with van der Waals surface area (Å²) >= 11 is 5.89. The predicted octanol–water partition coefficient (Wildman–Crippen LogP) is 4.77. The van der Waals surface area contributed by atoms with Crippen LogP contribution in [0.1, 0.15) is 31.2 Å². The lowest BCUT2D eigenvalue weighted by atomic mass is 9.74. The second-order valence-corrected chi connectivity index (χ2v) is 6.99. The Kier molecular flexibility index (Phi) is 4.45. The lowest BCUT2D eigenvalue weighted by Crippen LogP contribution is -2.43. The third-order valence-corrected chi connectivity index (χ3v) is 5.19. The molecule has 128 valence electrons. The number of rotatable bonds is 3. The van der Waals surface area contributed by atoms with Crippen LogP contribution in [0.3, 0.4) is 0 Å². The van der Waals surface area contributed by atoms with E-state index in [1.165, 1.54) is 0 Å². The second-order valence-electron chi connectivity index (χ2n) is 6.55. The first kappa shape index (κ1) is 16.2. The Balaban J connectivity index is 1.53. The monoisotopic (exact) mass is 354 g/mol. The van der Waals surface area contributed by atoms with Crippen molar-refractivity contribution in [3.8, 4) is 11.5 Å². The molecule has 0 radical (unpaired) electrons. The zero-order chi connectivity index (χ0) is 17.2. The molecule has 2 unspecified atom stereocenters. The van der Waals surface area contributed by atoms with Crippen LogP contribution >= 0.6 is 11.6 Å². The largest absolute Gasteiger partial charge is 0.457 e. The normalized spacial score (nSPS) is 22.6. The van der Waals surface area contributed by atoms with Gasteiger partial charge in [-0.2, -0.15) is 5.10 Å². The maximum absolute atomic E-state index is 12.0. The molecule has 0 bridgehead atoms. The topological polar surface area (TPSA) is 50.7 Å². The minimum Gasteiger partial charge on any atom is -0.457 e. The molecule has 1 saturated carbocycles. The first-order chi connectivity index (χ1) is 12.2. The highest BCUT2D eigenvalue weighted by Crippen LogP contribution is 2.35. The Morgan fingerprint density at radius 3 is 2.20 bits per heavy atom. The van der Waals surface area contributed by atoms with E-state index in [-0.39, 0.29) is 17.7 Å². The number of carbonyl (C=O) groups is 1. The average Bonchev–Trinajstić information content (AvgIpc) is 2.65. The van der Waals surface area contributed by atoms with Gasteiger partial charge in [-0.25, -0.2) is 5.43 Å². The molecule has 1 aliphatic carbocycles. The third-order valence-electron chi connectivity index (χ3n) is 4.94. The molecule has 1 amide bonds. The van der Waals surface area contributed by atoms with E-state index < -0.39 is 0 Å². The predicted molar refractivity (Wildman–Crippen MR) is 98.1 cm³/mol. The van der Waals surface area contributed by atoms with E-state index >= 15 is 0 Å². The number of hydrogen-bond acceptors (Lipinski definition) is 3. The molecule has 0 saturated heterocycles. The molecule has 4 rings (SSSR count). The Morgan fingerprint density at radius 1 is 0.920 bits per heavy atom. The summed E-state index contributed by atoms with van der Waals surface area (Å²) in [6.45, 7) is 0. The lowest BCUT2D eigenvalue weighted by Gasteiger charge is -2.34. The van der Waals surface area contributed by atoms with Gasteiger partial charge in [0, 0.05) is 16.9 Å². The maximum Gasteiger partial charge on any atom is 0.243 e. The van der Waals surface area contributed by atoms with Gasteiger partial charge in [-0.15, -0.1) is 0 Å². The van der Waals surface area contributed by atoms with Crippen LogP contribution in [0.4, 0.5) is 0 Å². The molecule has 2 aromatic rings. The summed E-state index contributed by atoms with van der Waals surface area (Å²) in [6, 6.07) is 15.1. The van der Waals surface area contributed by atoms with Crippen molar-refractivity contribution in [2.75, 3.05) is 0 Å². The number of nitrogens with zero attached hydrogens (tertiary/aromatic N) is 1. The highest BCUT2D eigenvalue weighted by Gasteiger charge is 2.37. The van der Waals surface area contributed by atoms with Crippen molar-refractivity contribution in [3.63, 3.8) is 0 Å². The molecule has 1 aliphatic heterocycles. The molecule has 1 N–H and O–H groups in total. The molecule has 4 nitrogen and oxygen atoms in total. The first-order valence-corrected chi connectivity index (χ1v) is 9.00. The van der Waals surface area contributed by atoms with Crippen LogP contribution < -0.4 is 10.2 Å². The first-order valence-electron chi connectivity index (χ1n) is 8.62. The summed E-state index contributed by atoms with van der Waals surface area (Å²) in [7, 11) is 0. The molecule has 25 heavy (non-hydrogen) atoms. The Morgan fingerprint density at radius 2 is 1.52 bits per heavy atom. The molecular weight excluding hydrogens is 336 g/mol. The number of benzene rings is 2. The highest BCUT2D eigenvalue weighted by molar-refractivity contribution is 6.30. The number of hydrazone groups is 1. The number of hydrogen-bond donors (Lipinski definition) is 1. The zero-order valence-corrected chi connectivity index (χ0v) is 14.5. The van der Waals surface area contributed by atoms with Crippen LogP contribution in [-0.4, -0.2) is 11.6 Å². The molecular formula is C20H19ClN2O2. The van der Waals surface area contributed by atoms with Crippen molar-refractivity contribution in [1.82, 2.24) is 5.43 Å². The van der Waals surface area contributed by atoms with Gasteiger partial charge in [0.15, 0.2) is 0 Å². The van der Waals surface area contributed by atoms with Crippen molar-refractivity contribution in [3.05, 3.63) is 59.1 Å². The SMILES string of the molecule is O=C1NN=C(c2ccc(Oc3ccc(Cl)cc3)cc2)C2CCCCC12. The van der Waals surface area contributed by atoms with Crippen molar-refractivity contribution < 1.29 is 9.53 Å². The van der Waals surface area contributed by atoms with Crippen molar-refractivity contribution in [1.29, 1.82) is 0 Å². The minimum absolute atomic E-state index is 0.0613. The molecule has 2 aliphatic rings. The van der Waals surface area contributed by atoms with Crippen LogP contribution in [-0.2, 0) is 4.79 Å².